The lowest BCUT2D eigenvalue weighted by Crippen LogP contribution is -2.19. The number of nitrogens with one attached hydrogen (secondary N) is 3. The molecule has 0 aromatic heterocycles. The summed E-state index contributed by atoms with van der Waals surface area (Å²) in [6.07, 6.45) is 0. The number of rotatable bonds is 8. The van der Waals surface area contributed by atoms with Crippen LogP contribution in [0.25, 0.3) is 0 Å². The molecule has 0 heterocycles. The van der Waals surface area contributed by atoms with E-state index in [-0.39, 0.29) is 27.5 Å². The lowest BCUT2D eigenvalue weighted by Gasteiger charge is -2.15. The van der Waals surface area contributed by atoms with E-state index >= 15 is 0 Å². The van der Waals surface area contributed by atoms with Crippen LogP contribution in [-0.2, 0) is 20.0 Å². The summed E-state index contributed by atoms with van der Waals surface area (Å²) in [5.41, 5.74) is 0.750. The summed E-state index contributed by atoms with van der Waals surface area (Å²) in [6.45, 7) is 1.65. The van der Waals surface area contributed by atoms with Gasteiger partial charge in [0.1, 0.15) is 0 Å². The lowest BCUT2D eigenvalue weighted by atomic mass is 10.1. The smallest absolute Gasteiger partial charge is 0.262 e. The van der Waals surface area contributed by atoms with Crippen molar-refractivity contribution in [3.8, 4) is 0 Å². The molecule has 39 heavy (non-hydrogen) atoms. The molecule has 4 aromatic carbocycles. The average Bonchev–Trinajstić information content (AvgIpc) is 2.88. The summed E-state index contributed by atoms with van der Waals surface area (Å²) >= 11 is 5.84. The zero-order valence-electron chi connectivity index (χ0n) is 20.1. The van der Waals surface area contributed by atoms with E-state index in [4.69, 9.17) is 11.6 Å². The zero-order valence-corrected chi connectivity index (χ0v) is 22.5. The van der Waals surface area contributed by atoms with Crippen LogP contribution in [0.2, 0.25) is 5.02 Å². The number of carbonyl (C=O) groups is 1. The molecule has 0 saturated heterocycles. The zero-order chi connectivity index (χ0) is 28.4. The normalized spacial score (nSPS) is 11.6. The first-order valence-corrected chi connectivity index (χ1v) is 14.5. The molecule has 0 radical (unpaired) electrons. The quantitative estimate of drug-likeness (QED) is 0.240. The number of anilines is 3. The Morgan fingerprint density at radius 2 is 1.33 bits per heavy atom. The van der Waals surface area contributed by atoms with Crippen LogP contribution < -0.4 is 14.8 Å². The molecular weight excluding hydrogens is 572 g/mol. The predicted octanol–water partition coefficient (Wildman–Crippen LogP) is 5.78. The highest BCUT2D eigenvalue weighted by Crippen LogP contribution is 2.26. The van der Waals surface area contributed by atoms with E-state index in [2.05, 4.69) is 14.8 Å². The average molecular weight is 592 g/mol. The molecule has 0 fully saturated rings. The monoisotopic (exact) mass is 591 g/mol. The minimum Gasteiger partial charge on any atom is -0.322 e. The molecule has 0 atom stereocenters. The second-order valence-electron chi connectivity index (χ2n) is 8.27. The van der Waals surface area contributed by atoms with Gasteiger partial charge in [-0.3, -0.25) is 14.2 Å². The first kappa shape index (κ1) is 28.0. The van der Waals surface area contributed by atoms with Crippen LogP contribution in [0.3, 0.4) is 0 Å². The maximum absolute atomic E-state index is 13.6. The van der Waals surface area contributed by atoms with Gasteiger partial charge in [-0.1, -0.05) is 29.8 Å². The van der Waals surface area contributed by atoms with Gasteiger partial charge >= 0.3 is 0 Å². The Labute approximate surface area is 228 Å². The number of amides is 1. The van der Waals surface area contributed by atoms with Crippen LogP contribution in [0, 0.1) is 18.6 Å². The second-order valence-corrected chi connectivity index (χ2v) is 12.1. The molecule has 4 rings (SSSR count). The molecule has 202 valence electrons. The van der Waals surface area contributed by atoms with E-state index in [0.29, 0.717) is 22.7 Å². The summed E-state index contributed by atoms with van der Waals surface area (Å²) in [7, 11) is -8.41. The maximum atomic E-state index is 13.6. The summed E-state index contributed by atoms with van der Waals surface area (Å²) < 4.78 is 82.8. The minimum atomic E-state index is -4.38. The van der Waals surface area contributed by atoms with Crippen molar-refractivity contribution in [1.29, 1.82) is 0 Å². The van der Waals surface area contributed by atoms with Crippen LogP contribution in [0.15, 0.2) is 94.7 Å². The largest absolute Gasteiger partial charge is 0.322 e. The fraction of sp³-hybridized carbons (Fsp3) is 0.0385. The lowest BCUT2D eigenvalue weighted by molar-refractivity contribution is 0.102. The van der Waals surface area contributed by atoms with Crippen molar-refractivity contribution in [3.63, 3.8) is 0 Å². The number of aryl methyl sites for hydroxylation is 1. The fourth-order valence-electron chi connectivity index (χ4n) is 3.44. The molecule has 13 heteroatoms. The Morgan fingerprint density at radius 3 is 2.03 bits per heavy atom. The van der Waals surface area contributed by atoms with Gasteiger partial charge in [-0.2, -0.15) is 0 Å². The van der Waals surface area contributed by atoms with E-state index in [1.54, 1.807) is 6.92 Å². The van der Waals surface area contributed by atoms with Gasteiger partial charge in [-0.05, 0) is 79.2 Å². The first-order valence-electron chi connectivity index (χ1n) is 11.1. The third-order valence-electron chi connectivity index (χ3n) is 5.48. The Bertz CT molecular complexity index is 1780. The molecule has 0 aliphatic rings. The number of hydrogen-bond acceptors (Lipinski definition) is 5. The maximum Gasteiger partial charge on any atom is 0.262 e. The number of para-hydroxylation sites is 1. The predicted molar refractivity (Wildman–Crippen MR) is 145 cm³/mol. The van der Waals surface area contributed by atoms with Crippen molar-refractivity contribution in [3.05, 3.63) is 113 Å². The molecular formula is C26H20ClF2N3O5S2. The van der Waals surface area contributed by atoms with E-state index in [1.165, 1.54) is 66.7 Å². The second kappa shape index (κ2) is 11.0. The summed E-state index contributed by atoms with van der Waals surface area (Å²) in [6, 6.07) is 17.9. The highest BCUT2D eigenvalue weighted by atomic mass is 35.5. The molecule has 4 aromatic rings. The fourth-order valence-corrected chi connectivity index (χ4v) is 5.74. The van der Waals surface area contributed by atoms with Crippen molar-refractivity contribution in [2.24, 2.45) is 0 Å². The van der Waals surface area contributed by atoms with Gasteiger partial charge in [0.15, 0.2) is 11.6 Å². The molecule has 3 N–H and O–H groups in total. The SMILES string of the molecule is Cc1ccc(S(=O)(=O)Nc2ccc(Cl)cc2)cc1NC(=O)c1ccccc1NS(=O)(=O)c1ccc(F)c(F)c1. The van der Waals surface area contributed by atoms with Crippen LogP contribution in [0.1, 0.15) is 15.9 Å². The van der Waals surface area contributed by atoms with Crippen LogP contribution >= 0.6 is 11.6 Å². The molecule has 0 bridgehead atoms. The molecule has 0 aliphatic heterocycles. The molecule has 0 aliphatic carbocycles. The van der Waals surface area contributed by atoms with E-state index in [9.17, 15) is 30.4 Å². The van der Waals surface area contributed by atoms with E-state index in [0.717, 1.165) is 6.07 Å². The number of hydrogen-bond donors (Lipinski definition) is 3. The van der Waals surface area contributed by atoms with Gasteiger partial charge in [-0.25, -0.2) is 25.6 Å². The van der Waals surface area contributed by atoms with Gasteiger partial charge in [-0.15, -0.1) is 0 Å². The molecule has 0 unspecified atom stereocenters. The van der Waals surface area contributed by atoms with Crippen LogP contribution in [0.5, 0.6) is 0 Å². The molecule has 0 spiro atoms. The molecule has 8 nitrogen and oxygen atoms in total. The highest BCUT2D eigenvalue weighted by molar-refractivity contribution is 7.93. The Kier molecular flexibility index (Phi) is 7.91. The number of halogens is 3. The number of sulfonamides is 2. The topological polar surface area (TPSA) is 121 Å². The van der Waals surface area contributed by atoms with Crippen LogP contribution in [-0.4, -0.2) is 22.7 Å². The molecule has 1 amide bonds. The third-order valence-corrected chi connectivity index (χ3v) is 8.48. The standard InChI is InChI=1S/C26H20ClF2N3O5S2/c1-16-6-11-20(38(34,35)31-18-9-7-17(27)8-10-18)15-25(16)30-26(33)21-4-2-3-5-24(21)32-39(36,37)19-12-13-22(28)23(29)14-19/h2-15,31-32H,1H3,(H,30,33). The van der Waals surface area contributed by atoms with Gasteiger partial charge in [0.25, 0.3) is 26.0 Å². The summed E-state index contributed by atoms with van der Waals surface area (Å²) in [5.74, 6) is -3.31. The van der Waals surface area contributed by atoms with Crippen LogP contribution in [0.4, 0.5) is 25.8 Å². The van der Waals surface area contributed by atoms with Crippen molar-refractivity contribution < 1.29 is 30.4 Å². The summed E-state index contributed by atoms with van der Waals surface area (Å²) in [4.78, 5) is 12.5. The molecule has 0 saturated carbocycles. The Balaban J connectivity index is 1.59. The van der Waals surface area contributed by atoms with Gasteiger partial charge in [0.2, 0.25) is 0 Å². The third kappa shape index (κ3) is 6.53. The number of benzene rings is 4. The van der Waals surface area contributed by atoms with Crippen molar-refractivity contribution >= 4 is 54.6 Å². The summed E-state index contributed by atoms with van der Waals surface area (Å²) in [5, 5.41) is 3.04. The van der Waals surface area contributed by atoms with Crippen molar-refractivity contribution in [1.82, 2.24) is 0 Å². The van der Waals surface area contributed by atoms with Gasteiger partial charge in [0, 0.05) is 16.4 Å². The van der Waals surface area contributed by atoms with E-state index < -0.39 is 42.5 Å². The minimum absolute atomic E-state index is 0.101. The van der Waals surface area contributed by atoms with E-state index in [1.807, 2.05) is 0 Å². The van der Waals surface area contributed by atoms with Crippen molar-refractivity contribution in [2.75, 3.05) is 14.8 Å². The van der Waals surface area contributed by atoms with Crippen molar-refractivity contribution in [2.45, 2.75) is 16.7 Å². The number of carbonyl (C=O) groups excluding carboxylic acids is 1. The Hall–Kier alpha value is -4.00. The highest BCUT2D eigenvalue weighted by Gasteiger charge is 2.22. The Morgan fingerprint density at radius 1 is 0.718 bits per heavy atom. The first-order chi connectivity index (χ1) is 18.4. The van der Waals surface area contributed by atoms with Gasteiger partial charge < -0.3 is 5.32 Å². The van der Waals surface area contributed by atoms with Gasteiger partial charge in [0.05, 0.1) is 21.0 Å².